The second-order valence-corrected chi connectivity index (χ2v) is 6.24. The van der Waals surface area contributed by atoms with Gasteiger partial charge in [-0.25, -0.2) is 0 Å². The van der Waals surface area contributed by atoms with E-state index in [0.717, 1.165) is 23.7 Å². The number of nitro groups is 1. The zero-order chi connectivity index (χ0) is 14.7. The van der Waals surface area contributed by atoms with Crippen LogP contribution in [0, 0.1) is 10.1 Å². The minimum Gasteiger partial charge on any atom is -0.380 e. The van der Waals surface area contributed by atoms with Gasteiger partial charge in [0.1, 0.15) is 0 Å². The fourth-order valence-electron chi connectivity index (χ4n) is 2.54. The highest BCUT2D eigenvalue weighted by atomic mass is 32.1. The normalized spacial score (nSPS) is 14.4. The molecule has 5 nitrogen and oxygen atoms in total. The van der Waals surface area contributed by atoms with Gasteiger partial charge in [-0.2, -0.15) is 0 Å². The Bertz CT molecular complexity index is 635. The van der Waals surface area contributed by atoms with Crippen LogP contribution in [0.5, 0.6) is 0 Å². The van der Waals surface area contributed by atoms with Crippen LogP contribution in [0.3, 0.4) is 0 Å². The van der Waals surface area contributed by atoms with Crippen molar-refractivity contribution in [1.29, 1.82) is 0 Å². The van der Waals surface area contributed by atoms with Crippen LogP contribution in [0.1, 0.15) is 17.7 Å². The Balaban J connectivity index is 1.64. The molecular weight excluding hydrogens is 286 g/mol. The summed E-state index contributed by atoms with van der Waals surface area (Å²) in [4.78, 5) is 13.7. The zero-order valence-electron chi connectivity index (χ0n) is 11.6. The lowest BCUT2D eigenvalue weighted by Gasteiger charge is -2.18. The molecule has 21 heavy (non-hydrogen) atoms. The maximum Gasteiger partial charge on any atom is 0.324 e. The lowest BCUT2D eigenvalue weighted by atomic mass is 10.2. The molecule has 1 N–H and O–H groups in total. The number of nitrogens with zero attached hydrogens (tertiary/aromatic N) is 2. The predicted octanol–water partition coefficient (Wildman–Crippen LogP) is 3.87. The summed E-state index contributed by atoms with van der Waals surface area (Å²) in [6.45, 7) is 2.86. The standard InChI is InChI=1S/C15H17N3O2S/c19-18(20)15-7-6-14(21-15)11-16-12-4-3-5-13(10-12)17-8-1-2-9-17/h3-7,10,16H,1-2,8-9,11H2. The first-order chi connectivity index (χ1) is 10.2. The molecule has 3 rings (SSSR count). The van der Waals surface area contributed by atoms with Crippen molar-refractivity contribution >= 4 is 27.7 Å². The fourth-order valence-corrected chi connectivity index (χ4v) is 3.30. The molecule has 0 spiro atoms. The molecule has 1 aliphatic heterocycles. The minimum absolute atomic E-state index is 0.192. The highest BCUT2D eigenvalue weighted by molar-refractivity contribution is 7.15. The Labute approximate surface area is 127 Å². The second-order valence-electron chi connectivity index (χ2n) is 5.10. The van der Waals surface area contributed by atoms with Crippen LogP contribution in [-0.2, 0) is 6.54 Å². The van der Waals surface area contributed by atoms with Crippen LogP contribution in [0.2, 0.25) is 0 Å². The Morgan fingerprint density at radius 3 is 2.76 bits per heavy atom. The van der Waals surface area contributed by atoms with Gasteiger partial charge in [-0.15, -0.1) is 0 Å². The maximum absolute atomic E-state index is 10.7. The molecule has 0 unspecified atom stereocenters. The smallest absolute Gasteiger partial charge is 0.324 e. The monoisotopic (exact) mass is 303 g/mol. The lowest BCUT2D eigenvalue weighted by molar-refractivity contribution is -0.380. The molecule has 110 valence electrons. The Hall–Kier alpha value is -2.08. The van der Waals surface area contributed by atoms with Crippen molar-refractivity contribution < 1.29 is 4.92 Å². The number of nitrogens with one attached hydrogen (secondary N) is 1. The molecule has 2 aromatic rings. The van der Waals surface area contributed by atoms with E-state index in [0.29, 0.717) is 6.54 Å². The van der Waals surface area contributed by atoms with E-state index >= 15 is 0 Å². The molecule has 0 atom stereocenters. The van der Waals surface area contributed by atoms with Gasteiger partial charge in [-0.3, -0.25) is 10.1 Å². The topological polar surface area (TPSA) is 58.4 Å². The Morgan fingerprint density at radius 2 is 2.05 bits per heavy atom. The van der Waals surface area contributed by atoms with Gasteiger partial charge >= 0.3 is 5.00 Å². The van der Waals surface area contributed by atoms with E-state index in [2.05, 4.69) is 22.3 Å². The van der Waals surface area contributed by atoms with E-state index in [1.54, 1.807) is 12.1 Å². The molecule has 1 aromatic heterocycles. The first-order valence-electron chi connectivity index (χ1n) is 7.04. The van der Waals surface area contributed by atoms with Crippen molar-refractivity contribution in [2.45, 2.75) is 19.4 Å². The molecule has 1 fully saturated rings. The molecule has 2 heterocycles. The molecule has 0 bridgehead atoms. The summed E-state index contributed by atoms with van der Waals surface area (Å²) in [7, 11) is 0. The first-order valence-corrected chi connectivity index (χ1v) is 7.86. The lowest BCUT2D eigenvalue weighted by Crippen LogP contribution is -2.17. The molecule has 0 amide bonds. The number of hydrogen-bond donors (Lipinski definition) is 1. The van der Waals surface area contributed by atoms with Crippen molar-refractivity contribution in [2.24, 2.45) is 0 Å². The molecule has 0 saturated carbocycles. The summed E-state index contributed by atoms with van der Waals surface area (Å²) < 4.78 is 0. The highest BCUT2D eigenvalue weighted by Crippen LogP contribution is 2.26. The number of rotatable bonds is 5. The summed E-state index contributed by atoms with van der Waals surface area (Å²) in [5.41, 5.74) is 2.30. The van der Waals surface area contributed by atoms with Gasteiger partial charge in [0.2, 0.25) is 0 Å². The Morgan fingerprint density at radius 1 is 1.24 bits per heavy atom. The molecular formula is C15H17N3O2S. The minimum atomic E-state index is -0.345. The van der Waals surface area contributed by atoms with Crippen molar-refractivity contribution in [3.05, 3.63) is 51.4 Å². The number of anilines is 2. The van der Waals surface area contributed by atoms with E-state index in [1.807, 2.05) is 12.1 Å². The van der Waals surface area contributed by atoms with E-state index < -0.39 is 0 Å². The van der Waals surface area contributed by atoms with Crippen molar-refractivity contribution in [3.8, 4) is 0 Å². The van der Waals surface area contributed by atoms with E-state index in [4.69, 9.17) is 0 Å². The fraction of sp³-hybridized carbons (Fsp3) is 0.333. The van der Waals surface area contributed by atoms with Crippen molar-refractivity contribution in [1.82, 2.24) is 0 Å². The van der Waals surface area contributed by atoms with Crippen molar-refractivity contribution in [3.63, 3.8) is 0 Å². The van der Waals surface area contributed by atoms with Gasteiger partial charge in [0.15, 0.2) is 0 Å². The molecule has 0 radical (unpaired) electrons. The molecule has 1 aromatic carbocycles. The SMILES string of the molecule is O=[N+]([O-])c1ccc(CNc2cccc(N3CCCC3)c2)s1. The Kier molecular flexibility index (Phi) is 4.06. The van der Waals surface area contributed by atoms with Gasteiger partial charge in [0.05, 0.1) is 4.92 Å². The van der Waals surface area contributed by atoms with Crippen LogP contribution in [0.4, 0.5) is 16.4 Å². The third-order valence-corrected chi connectivity index (χ3v) is 4.65. The first kappa shape index (κ1) is 13.9. The van der Waals surface area contributed by atoms with E-state index in [1.165, 1.54) is 29.9 Å². The quantitative estimate of drug-likeness (QED) is 0.673. The summed E-state index contributed by atoms with van der Waals surface area (Å²) in [6, 6.07) is 11.7. The van der Waals surface area contributed by atoms with E-state index in [-0.39, 0.29) is 9.92 Å². The van der Waals surface area contributed by atoms with Crippen molar-refractivity contribution in [2.75, 3.05) is 23.3 Å². The van der Waals surface area contributed by atoms with Gasteiger partial charge in [0, 0.05) is 42.0 Å². The van der Waals surface area contributed by atoms with Gasteiger partial charge in [0.25, 0.3) is 0 Å². The van der Waals surface area contributed by atoms with Crippen LogP contribution in [0.15, 0.2) is 36.4 Å². The number of hydrogen-bond acceptors (Lipinski definition) is 5. The molecule has 1 saturated heterocycles. The van der Waals surface area contributed by atoms with Crippen LogP contribution in [-0.4, -0.2) is 18.0 Å². The van der Waals surface area contributed by atoms with E-state index in [9.17, 15) is 10.1 Å². The molecule has 1 aliphatic rings. The second kappa shape index (κ2) is 6.13. The largest absolute Gasteiger partial charge is 0.380 e. The average Bonchev–Trinajstić information content (AvgIpc) is 3.17. The summed E-state index contributed by atoms with van der Waals surface area (Å²) >= 11 is 1.22. The zero-order valence-corrected chi connectivity index (χ0v) is 12.4. The predicted molar refractivity (Wildman–Crippen MR) is 86.2 cm³/mol. The third-order valence-electron chi connectivity index (χ3n) is 3.61. The van der Waals surface area contributed by atoms with Crippen LogP contribution >= 0.6 is 11.3 Å². The highest BCUT2D eigenvalue weighted by Gasteiger charge is 2.13. The number of thiophene rings is 1. The number of benzene rings is 1. The molecule has 0 aliphatic carbocycles. The van der Waals surface area contributed by atoms with Crippen LogP contribution in [0.25, 0.3) is 0 Å². The van der Waals surface area contributed by atoms with Gasteiger partial charge < -0.3 is 10.2 Å². The van der Waals surface area contributed by atoms with Gasteiger partial charge in [-0.1, -0.05) is 17.4 Å². The summed E-state index contributed by atoms with van der Waals surface area (Å²) in [5, 5.41) is 14.2. The summed E-state index contributed by atoms with van der Waals surface area (Å²) in [6.07, 6.45) is 2.52. The maximum atomic E-state index is 10.7. The van der Waals surface area contributed by atoms with Gasteiger partial charge in [-0.05, 0) is 37.1 Å². The van der Waals surface area contributed by atoms with Crippen LogP contribution < -0.4 is 10.2 Å². The summed E-state index contributed by atoms with van der Waals surface area (Å²) in [5.74, 6) is 0. The third kappa shape index (κ3) is 3.33. The average molecular weight is 303 g/mol. The molecule has 6 heteroatoms.